The number of carbonyl (C=O) groups excluding carboxylic acids is 1. The summed E-state index contributed by atoms with van der Waals surface area (Å²) in [5.41, 5.74) is 0.864. The molecule has 102 valence electrons. The van der Waals surface area contributed by atoms with Crippen LogP contribution in [0.3, 0.4) is 0 Å². The molecule has 0 spiro atoms. The average molecular weight is 389 g/mol. The van der Waals surface area contributed by atoms with E-state index in [1.807, 2.05) is 34.3 Å². The Hall–Kier alpha value is -0.810. The Balaban J connectivity index is 2.00. The van der Waals surface area contributed by atoms with E-state index in [0.717, 1.165) is 20.3 Å². The molecular weight excluding hydrogens is 381 g/mol. The molecule has 2 aromatic heterocycles. The average Bonchev–Trinajstić information content (AvgIpc) is 2.96. The lowest BCUT2D eigenvalue weighted by Gasteiger charge is -2.05. The molecule has 0 aliphatic heterocycles. The van der Waals surface area contributed by atoms with Gasteiger partial charge in [-0.1, -0.05) is 23.2 Å². The highest BCUT2D eigenvalue weighted by Gasteiger charge is 2.14. The van der Waals surface area contributed by atoms with Crippen LogP contribution in [0.1, 0.15) is 9.67 Å². The van der Waals surface area contributed by atoms with Crippen LogP contribution in [0, 0.1) is 0 Å². The first-order chi connectivity index (χ1) is 9.56. The quantitative estimate of drug-likeness (QED) is 0.531. The number of hydrogen-bond donors (Lipinski definition) is 0. The van der Waals surface area contributed by atoms with Gasteiger partial charge in [0.1, 0.15) is 0 Å². The van der Waals surface area contributed by atoms with Crippen LogP contribution in [0.4, 0.5) is 0 Å². The van der Waals surface area contributed by atoms with Gasteiger partial charge in [-0.15, -0.1) is 11.3 Å². The molecule has 0 radical (unpaired) electrons. The van der Waals surface area contributed by atoms with Crippen molar-refractivity contribution < 1.29 is 4.79 Å². The van der Waals surface area contributed by atoms with Crippen LogP contribution in [-0.2, 0) is 6.54 Å². The van der Waals surface area contributed by atoms with Crippen molar-refractivity contribution in [1.82, 2.24) is 4.57 Å². The van der Waals surface area contributed by atoms with E-state index in [1.165, 1.54) is 11.3 Å². The summed E-state index contributed by atoms with van der Waals surface area (Å²) in [6.07, 6.45) is 1.85. The normalized spacial score (nSPS) is 11.2. The molecule has 1 aromatic carbocycles. The van der Waals surface area contributed by atoms with E-state index in [9.17, 15) is 4.79 Å². The fraction of sp³-hybridized carbons (Fsp3) is 0.0714. The largest absolute Gasteiger partial charge is 0.340 e. The maximum absolute atomic E-state index is 12.3. The second-order valence-corrected chi connectivity index (χ2v) is 6.90. The Morgan fingerprint density at radius 1 is 1.30 bits per heavy atom. The van der Waals surface area contributed by atoms with Gasteiger partial charge in [0, 0.05) is 21.1 Å². The summed E-state index contributed by atoms with van der Waals surface area (Å²) in [5.74, 6) is 0.0560. The lowest BCUT2D eigenvalue weighted by Crippen LogP contribution is -2.08. The molecule has 0 bridgehead atoms. The van der Waals surface area contributed by atoms with Crippen molar-refractivity contribution >= 4 is 67.2 Å². The fourth-order valence-corrected chi connectivity index (χ4v) is 4.15. The van der Waals surface area contributed by atoms with Gasteiger partial charge in [0.25, 0.3) is 0 Å². The molecular formula is C14H8BrCl2NOS. The zero-order chi connectivity index (χ0) is 14.3. The van der Waals surface area contributed by atoms with E-state index < -0.39 is 0 Å². The van der Waals surface area contributed by atoms with Crippen LogP contribution >= 0.6 is 50.5 Å². The van der Waals surface area contributed by atoms with Crippen LogP contribution in [0.25, 0.3) is 10.9 Å². The highest BCUT2D eigenvalue weighted by atomic mass is 79.9. The van der Waals surface area contributed by atoms with Gasteiger partial charge in [0.15, 0.2) is 5.78 Å². The number of carbonyl (C=O) groups is 1. The van der Waals surface area contributed by atoms with Crippen molar-refractivity contribution in [2.75, 3.05) is 0 Å². The molecule has 0 N–H and O–H groups in total. The first kappa shape index (κ1) is 14.1. The van der Waals surface area contributed by atoms with Gasteiger partial charge in [0.2, 0.25) is 0 Å². The number of hydrogen-bond acceptors (Lipinski definition) is 2. The number of rotatable bonds is 3. The van der Waals surface area contributed by atoms with Crippen LogP contribution in [0.5, 0.6) is 0 Å². The van der Waals surface area contributed by atoms with Crippen molar-refractivity contribution in [3.63, 3.8) is 0 Å². The Kier molecular flexibility index (Phi) is 3.91. The minimum absolute atomic E-state index is 0.0560. The number of Topliss-reactive ketones (excluding diaryl/α,β-unsaturated/α-hetero) is 1. The third-order valence-corrected chi connectivity index (χ3v) is 5.40. The second kappa shape index (κ2) is 5.53. The Morgan fingerprint density at radius 3 is 2.80 bits per heavy atom. The molecule has 3 aromatic rings. The van der Waals surface area contributed by atoms with Gasteiger partial charge in [-0.05, 0) is 45.6 Å². The molecule has 2 nitrogen and oxygen atoms in total. The van der Waals surface area contributed by atoms with Crippen LogP contribution in [0.15, 0.2) is 40.3 Å². The first-order valence-electron chi connectivity index (χ1n) is 5.76. The predicted molar refractivity (Wildman–Crippen MR) is 88.3 cm³/mol. The van der Waals surface area contributed by atoms with Crippen molar-refractivity contribution in [2.45, 2.75) is 6.54 Å². The second-order valence-electron chi connectivity index (χ2n) is 4.28. The summed E-state index contributed by atoms with van der Waals surface area (Å²) in [5, 5.41) is 3.94. The third kappa shape index (κ3) is 2.53. The smallest absolute Gasteiger partial charge is 0.193 e. The minimum Gasteiger partial charge on any atom is -0.340 e. The van der Waals surface area contributed by atoms with Crippen molar-refractivity contribution in [3.8, 4) is 0 Å². The molecule has 0 unspecified atom stereocenters. The summed E-state index contributed by atoms with van der Waals surface area (Å²) >= 11 is 17.0. The summed E-state index contributed by atoms with van der Waals surface area (Å²) in [7, 11) is 0. The molecule has 0 atom stereocenters. The lowest BCUT2D eigenvalue weighted by molar-refractivity contribution is 0.0977. The fourth-order valence-electron chi connectivity index (χ4n) is 2.08. The van der Waals surface area contributed by atoms with E-state index in [4.69, 9.17) is 23.2 Å². The van der Waals surface area contributed by atoms with Gasteiger partial charge in [0.05, 0.1) is 22.0 Å². The Morgan fingerprint density at radius 2 is 2.10 bits per heavy atom. The molecule has 6 heteroatoms. The van der Waals surface area contributed by atoms with E-state index in [0.29, 0.717) is 10.0 Å². The standard InChI is InChI=1S/C14H8BrCl2NOS/c15-10-2-4-20-14(10)13(19)7-18-3-1-9-11(17)5-8(16)6-12(9)18/h1-6H,7H2. The van der Waals surface area contributed by atoms with Gasteiger partial charge in [-0.2, -0.15) is 0 Å². The van der Waals surface area contributed by atoms with Crippen molar-refractivity contribution in [2.24, 2.45) is 0 Å². The molecule has 3 rings (SSSR count). The van der Waals surface area contributed by atoms with Gasteiger partial charge in [-0.3, -0.25) is 4.79 Å². The van der Waals surface area contributed by atoms with Crippen LogP contribution in [0.2, 0.25) is 10.0 Å². The third-order valence-electron chi connectivity index (χ3n) is 2.99. The zero-order valence-electron chi connectivity index (χ0n) is 10.1. The molecule has 0 aliphatic rings. The van der Waals surface area contributed by atoms with E-state index in [1.54, 1.807) is 6.07 Å². The number of fused-ring (bicyclic) bond motifs is 1. The zero-order valence-corrected chi connectivity index (χ0v) is 14.0. The predicted octanol–water partition coefficient (Wildman–Crippen LogP) is 5.66. The lowest BCUT2D eigenvalue weighted by atomic mass is 10.2. The summed E-state index contributed by atoms with van der Waals surface area (Å²) in [6, 6.07) is 7.29. The van der Waals surface area contributed by atoms with Crippen molar-refractivity contribution in [3.05, 3.63) is 55.2 Å². The minimum atomic E-state index is 0.0560. The molecule has 0 saturated heterocycles. The van der Waals surface area contributed by atoms with Crippen LogP contribution < -0.4 is 0 Å². The first-order valence-corrected chi connectivity index (χ1v) is 8.19. The summed E-state index contributed by atoms with van der Waals surface area (Å²) < 4.78 is 2.70. The number of halogens is 3. The topological polar surface area (TPSA) is 22.0 Å². The molecule has 0 amide bonds. The monoisotopic (exact) mass is 387 g/mol. The molecule has 20 heavy (non-hydrogen) atoms. The number of benzene rings is 1. The number of thiophene rings is 1. The molecule has 0 fully saturated rings. The molecule has 0 saturated carbocycles. The molecule has 0 aliphatic carbocycles. The van der Waals surface area contributed by atoms with Crippen LogP contribution in [-0.4, -0.2) is 10.4 Å². The maximum Gasteiger partial charge on any atom is 0.193 e. The molecule has 2 heterocycles. The van der Waals surface area contributed by atoms with Gasteiger partial charge in [-0.25, -0.2) is 0 Å². The number of ketones is 1. The summed E-state index contributed by atoms with van der Waals surface area (Å²) in [6.45, 7) is 0.263. The van der Waals surface area contributed by atoms with E-state index >= 15 is 0 Å². The van der Waals surface area contributed by atoms with Gasteiger partial charge >= 0.3 is 0 Å². The van der Waals surface area contributed by atoms with Crippen molar-refractivity contribution in [1.29, 1.82) is 0 Å². The van der Waals surface area contributed by atoms with E-state index in [-0.39, 0.29) is 12.3 Å². The number of nitrogens with zero attached hydrogens (tertiary/aromatic N) is 1. The Bertz CT molecular complexity index is 809. The SMILES string of the molecule is O=C(Cn1ccc2c(Cl)cc(Cl)cc21)c1sccc1Br. The highest BCUT2D eigenvalue weighted by Crippen LogP contribution is 2.29. The van der Waals surface area contributed by atoms with Gasteiger partial charge < -0.3 is 4.57 Å². The number of aromatic nitrogens is 1. The maximum atomic E-state index is 12.3. The van der Waals surface area contributed by atoms with E-state index in [2.05, 4.69) is 15.9 Å². The highest BCUT2D eigenvalue weighted by molar-refractivity contribution is 9.10. The Labute approximate surface area is 138 Å². The summed E-state index contributed by atoms with van der Waals surface area (Å²) in [4.78, 5) is 13.0.